The average Bonchev–Trinajstić information content (AvgIpc) is 3.00. The molecule has 3 aromatic carbocycles. The standard InChI is InChI=1S/3C10H7NO2.Ga/c3*12-10(13)9-6-5-7-3-1-2-4-8(7)11-9;/h3*1-6H,(H,12,13);/q;;;+3/p-3. The van der Waals surface area contributed by atoms with Gasteiger partial charge in [0.05, 0.1) is 0 Å². The molecule has 0 aliphatic heterocycles. The zero-order valence-corrected chi connectivity index (χ0v) is 23.2. The van der Waals surface area contributed by atoms with Gasteiger partial charge in [0.25, 0.3) is 0 Å². The minimum atomic E-state index is -4.38. The molecule has 0 saturated heterocycles. The number of benzene rings is 3. The van der Waals surface area contributed by atoms with Gasteiger partial charge in [-0.1, -0.05) is 0 Å². The normalized spacial score (nSPS) is 10.8. The van der Waals surface area contributed by atoms with Crippen molar-refractivity contribution in [3.63, 3.8) is 0 Å². The Labute approximate surface area is 233 Å². The Morgan fingerprint density at radius 1 is 0.425 bits per heavy atom. The number of carbonyl (C=O) groups is 3. The van der Waals surface area contributed by atoms with Gasteiger partial charge in [-0.25, -0.2) is 0 Å². The number of hydrogen-bond donors (Lipinski definition) is 0. The van der Waals surface area contributed by atoms with E-state index in [0.29, 0.717) is 16.6 Å². The zero-order valence-electron chi connectivity index (χ0n) is 20.8. The molecule has 0 spiro atoms. The summed E-state index contributed by atoms with van der Waals surface area (Å²) < 4.78 is 16.5. The third kappa shape index (κ3) is 5.39. The predicted molar refractivity (Wildman–Crippen MR) is 147 cm³/mol. The summed E-state index contributed by atoms with van der Waals surface area (Å²) in [6.45, 7) is 0. The predicted octanol–water partition coefficient (Wildman–Crippen LogP) is 5.19. The topological polar surface area (TPSA) is 118 Å². The van der Waals surface area contributed by atoms with E-state index in [2.05, 4.69) is 15.0 Å². The van der Waals surface area contributed by atoms with E-state index in [9.17, 15) is 14.4 Å². The molecule has 3 heterocycles. The van der Waals surface area contributed by atoms with Crippen molar-refractivity contribution in [1.82, 2.24) is 15.0 Å². The molecule has 0 unspecified atom stereocenters. The first-order valence-corrected chi connectivity index (χ1v) is 15.2. The molecule has 0 amide bonds. The monoisotopic (exact) mass is 585 g/mol. The Hall–Kier alpha value is -5.06. The maximum atomic E-state index is 13.0. The Morgan fingerprint density at radius 3 is 1.05 bits per heavy atom. The van der Waals surface area contributed by atoms with Crippen LogP contribution in [0.3, 0.4) is 0 Å². The molecule has 3 aromatic heterocycles. The molecular weight excluding hydrogens is 568 g/mol. The first-order valence-electron chi connectivity index (χ1n) is 12.2. The fourth-order valence-corrected chi connectivity index (χ4v) is 6.22. The van der Waals surface area contributed by atoms with Crippen LogP contribution < -0.4 is 0 Å². The molecule has 0 bridgehead atoms. The van der Waals surface area contributed by atoms with E-state index in [1.54, 1.807) is 54.6 Å². The summed E-state index contributed by atoms with van der Waals surface area (Å²) in [5.74, 6) is -2.64. The van der Waals surface area contributed by atoms with Gasteiger partial charge in [0, 0.05) is 0 Å². The number of nitrogens with zero attached hydrogens (tertiary/aromatic N) is 3. The van der Waals surface area contributed by atoms with Crippen LogP contribution in [0.1, 0.15) is 31.5 Å². The molecule has 192 valence electrons. The second kappa shape index (κ2) is 11.0. The van der Waals surface area contributed by atoms with Crippen molar-refractivity contribution in [3.05, 3.63) is 126 Å². The number of rotatable bonds is 6. The zero-order chi connectivity index (χ0) is 27.5. The van der Waals surface area contributed by atoms with Crippen LogP contribution in [0.25, 0.3) is 32.7 Å². The van der Waals surface area contributed by atoms with E-state index in [4.69, 9.17) is 10.6 Å². The number of fused-ring (bicyclic) bond motifs is 3. The van der Waals surface area contributed by atoms with Crippen LogP contribution in [0.5, 0.6) is 0 Å². The van der Waals surface area contributed by atoms with E-state index in [0.717, 1.165) is 16.2 Å². The SMILES string of the molecule is O=C([O][Ga]([O]C(=O)c1ccc2ccccc2n1)[O]C(=O)c1ccc2ccccc2n1)c1ccc2ccccc2n1. The van der Waals surface area contributed by atoms with Gasteiger partial charge in [-0.05, 0) is 0 Å². The number of hydrogen-bond acceptors (Lipinski definition) is 9. The molecule has 40 heavy (non-hydrogen) atoms. The van der Waals surface area contributed by atoms with E-state index in [1.807, 2.05) is 36.4 Å². The fourth-order valence-electron chi connectivity index (χ4n) is 4.05. The second-order valence-corrected chi connectivity index (χ2v) is 11.4. The molecule has 0 aliphatic rings. The molecule has 10 heteroatoms. The number of carbonyl (C=O) groups excluding carboxylic acids is 3. The van der Waals surface area contributed by atoms with E-state index in [-0.39, 0.29) is 17.1 Å². The molecule has 0 atom stereocenters. The van der Waals surface area contributed by atoms with Crippen molar-refractivity contribution in [2.75, 3.05) is 0 Å². The van der Waals surface area contributed by atoms with Gasteiger partial charge in [-0.15, -0.1) is 0 Å². The summed E-state index contributed by atoms with van der Waals surface area (Å²) >= 11 is -4.38. The van der Waals surface area contributed by atoms with Gasteiger partial charge in [0.1, 0.15) is 0 Å². The van der Waals surface area contributed by atoms with Crippen molar-refractivity contribution in [2.45, 2.75) is 0 Å². The molecule has 0 fully saturated rings. The second-order valence-electron chi connectivity index (χ2n) is 8.67. The number of para-hydroxylation sites is 3. The molecule has 0 aliphatic carbocycles. The minimum absolute atomic E-state index is 0.0194. The quantitative estimate of drug-likeness (QED) is 0.243. The third-order valence-electron chi connectivity index (χ3n) is 6.03. The van der Waals surface area contributed by atoms with Crippen molar-refractivity contribution in [1.29, 1.82) is 0 Å². The van der Waals surface area contributed by atoms with Crippen molar-refractivity contribution in [3.8, 4) is 0 Å². The summed E-state index contributed by atoms with van der Waals surface area (Å²) in [6.07, 6.45) is 0. The molecule has 6 aromatic rings. The van der Waals surface area contributed by atoms with Gasteiger partial charge in [-0.3, -0.25) is 0 Å². The Balaban J connectivity index is 1.27. The van der Waals surface area contributed by atoms with E-state index in [1.165, 1.54) is 18.2 Å². The average molecular weight is 586 g/mol. The number of aromatic nitrogens is 3. The molecule has 0 saturated carbocycles. The first-order chi connectivity index (χ1) is 19.5. The summed E-state index contributed by atoms with van der Waals surface area (Å²) in [7, 11) is 0. The van der Waals surface area contributed by atoms with E-state index >= 15 is 0 Å². The van der Waals surface area contributed by atoms with Crippen LogP contribution in [-0.4, -0.2) is 50.2 Å². The van der Waals surface area contributed by atoms with Crippen LogP contribution in [0.15, 0.2) is 109 Å². The van der Waals surface area contributed by atoms with Gasteiger partial charge < -0.3 is 0 Å². The van der Waals surface area contributed by atoms with Crippen molar-refractivity contribution in [2.24, 2.45) is 0 Å². The Kier molecular flexibility index (Phi) is 6.92. The molecule has 0 radical (unpaired) electrons. The molecule has 9 nitrogen and oxygen atoms in total. The fraction of sp³-hybridized carbons (Fsp3) is 0. The van der Waals surface area contributed by atoms with Crippen molar-refractivity contribution >= 4 is 67.9 Å². The van der Waals surface area contributed by atoms with Gasteiger partial charge in [-0.2, -0.15) is 0 Å². The summed E-state index contributed by atoms with van der Waals surface area (Å²) in [5.41, 5.74) is 1.68. The Morgan fingerprint density at radius 2 is 0.725 bits per heavy atom. The number of pyridine rings is 3. The van der Waals surface area contributed by atoms with Crippen LogP contribution >= 0.6 is 0 Å². The maximum absolute atomic E-state index is 13.0. The first kappa shape index (κ1) is 25.2. The van der Waals surface area contributed by atoms with Gasteiger partial charge >= 0.3 is 234 Å². The Bertz CT molecular complexity index is 1710. The molecule has 0 N–H and O–H groups in total. The van der Waals surface area contributed by atoms with E-state index < -0.39 is 35.2 Å². The summed E-state index contributed by atoms with van der Waals surface area (Å²) in [4.78, 5) is 52.1. The van der Waals surface area contributed by atoms with Crippen LogP contribution in [0, 0.1) is 0 Å². The van der Waals surface area contributed by atoms with Crippen molar-refractivity contribution < 1.29 is 25.0 Å². The van der Waals surface area contributed by atoms with Crippen LogP contribution in [-0.2, 0) is 10.6 Å². The van der Waals surface area contributed by atoms with Crippen LogP contribution in [0.4, 0.5) is 0 Å². The third-order valence-corrected chi connectivity index (χ3v) is 8.59. The van der Waals surface area contributed by atoms with Gasteiger partial charge in [0.2, 0.25) is 0 Å². The summed E-state index contributed by atoms with van der Waals surface area (Å²) in [6, 6.07) is 31.4. The molecular formula is C30H18GaN3O6. The van der Waals surface area contributed by atoms with Gasteiger partial charge in [0.15, 0.2) is 0 Å². The summed E-state index contributed by atoms with van der Waals surface area (Å²) in [5, 5.41) is 2.50. The van der Waals surface area contributed by atoms with Crippen LogP contribution in [0.2, 0.25) is 0 Å². The molecule has 6 rings (SSSR count).